The van der Waals surface area contributed by atoms with Crippen LogP contribution in [0.5, 0.6) is 0 Å². The molecule has 1 aromatic carbocycles. The zero-order chi connectivity index (χ0) is 22.7. The number of nitriles is 2. The highest BCUT2D eigenvalue weighted by Crippen LogP contribution is 2.33. The van der Waals surface area contributed by atoms with Crippen LogP contribution < -0.4 is 21.4 Å². The summed E-state index contributed by atoms with van der Waals surface area (Å²) in [4.78, 5) is 28.6. The number of halogens is 2. The molecular weight excluding hydrogens is 465 g/mol. The minimum Gasteiger partial charge on any atom is -0.383 e. The number of nitrogen functional groups attached to an aromatic ring is 1. The zero-order valence-corrected chi connectivity index (χ0v) is 18.0. The molecule has 0 saturated carbocycles. The van der Waals surface area contributed by atoms with Crippen molar-refractivity contribution in [1.82, 2.24) is 10.3 Å². The van der Waals surface area contributed by atoms with Gasteiger partial charge in [0, 0.05) is 15.7 Å². The summed E-state index contributed by atoms with van der Waals surface area (Å²) in [5.74, 6) is -0.767. The van der Waals surface area contributed by atoms with E-state index in [-0.39, 0.29) is 39.0 Å². The van der Waals surface area contributed by atoms with Gasteiger partial charge in [0.05, 0.1) is 11.3 Å². The van der Waals surface area contributed by atoms with Crippen LogP contribution in [0.3, 0.4) is 0 Å². The van der Waals surface area contributed by atoms with E-state index >= 15 is 0 Å². The number of carbonyl (C=O) groups excluding carboxylic acids is 1. The van der Waals surface area contributed by atoms with E-state index in [1.165, 1.54) is 29.9 Å². The van der Waals surface area contributed by atoms with Crippen molar-refractivity contribution in [1.29, 1.82) is 10.5 Å². The molecule has 10 nitrogen and oxygen atoms in total. The first kappa shape index (κ1) is 22.2. The summed E-state index contributed by atoms with van der Waals surface area (Å²) >= 11 is 12.7. The first-order chi connectivity index (χ1) is 14.7. The van der Waals surface area contributed by atoms with Crippen LogP contribution in [-0.2, 0) is 11.8 Å². The third kappa shape index (κ3) is 4.64. The van der Waals surface area contributed by atoms with Gasteiger partial charge in [0.1, 0.15) is 34.1 Å². The normalized spacial score (nSPS) is 10.4. The second kappa shape index (κ2) is 9.10. The fourth-order valence-electron chi connectivity index (χ4n) is 2.71. The number of pyridine rings is 1. The van der Waals surface area contributed by atoms with Gasteiger partial charge in [0.2, 0.25) is 5.91 Å². The molecule has 2 heterocycles. The number of nitrogens with two attached hydrogens (primary N) is 1. The van der Waals surface area contributed by atoms with E-state index < -0.39 is 11.5 Å². The number of aromatic amines is 1. The molecule has 156 valence electrons. The third-order valence-electron chi connectivity index (χ3n) is 3.94. The van der Waals surface area contributed by atoms with Gasteiger partial charge in [-0.25, -0.2) is 9.78 Å². The van der Waals surface area contributed by atoms with E-state index in [1.54, 1.807) is 0 Å². The van der Waals surface area contributed by atoms with Gasteiger partial charge in [-0.05, 0) is 23.5 Å². The number of thioether (sulfide) groups is 1. The van der Waals surface area contributed by atoms with E-state index in [9.17, 15) is 20.1 Å². The van der Waals surface area contributed by atoms with E-state index in [0.29, 0.717) is 15.7 Å². The van der Waals surface area contributed by atoms with Gasteiger partial charge in [0.15, 0.2) is 7.05 Å². The molecule has 2 aromatic heterocycles. The predicted molar refractivity (Wildman–Crippen MR) is 113 cm³/mol. The van der Waals surface area contributed by atoms with Crippen molar-refractivity contribution in [3.8, 4) is 23.4 Å². The average molecular weight is 477 g/mol. The van der Waals surface area contributed by atoms with Gasteiger partial charge >= 0.3 is 11.3 Å². The van der Waals surface area contributed by atoms with E-state index in [0.717, 1.165) is 11.8 Å². The van der Waals surface area contributed by atoms with Crippen molar-refractivity contribution in [3.05, 3.63) is 49.8 Å². The smallest absolute Gasteiger partial charge is 0.383 e. The lowest BCUT2D eigenvalue weighted by atomic mass is 10.0. The molecule has 1 amide bonds. The Kier molecular flexibility index (Phi) is 6.51. The number of hydrogen-bond donors (Lipinski definition) is 3. The van der Waals surface area contributed by atoms with Crippen molar-refractivity contribution < 1.29 is 14.0 Å². The molecule has 0 fully saturated rings. The molecule has 0 saturated heterocycles. The van der Waals surface area contributed by atoms with Gasteiger partial charge in [0.25, 0.3) is 0 Å². The molecule has 0 spiro atoms. The van der Waals surface area contributed by atoms with Gasteiger partial charge in [-0.1, -0.05) is 39.6 Å². The molecule has 0 bridgehead atoms. The summed E-state index contributed by atoms with van der Waals surface area (Å²) < 4.78 is 5.93. The number of anilines is 2. The summed E-state index contributed by atoms with van der Waals surface area (Å²) in [6.07, 6.45) is 0. The summed E-state index contributed by atoms with van der Waals surface area (Å²) in [6.45, 7) is 0. The Morgan fingerprint density at radius 2 is 1.94 bits per heavy atom. The number of benzene rings is 1. The van der Waals surface area contributed by atoms with Crippen LogP contribution in [0.15, 0.2) is 32.5 Å². The highest BCUT2D eigenvalue weighted by molar-refractivity contribution is 8.00. The van der Waals surface area contributed by atoms with Gasteiger partial charge < -0.3 is 11.1 Å². The number of nitrogens with one attached hydrogen (secondary N) is 2. The Hall–Kier alpha value is -3.51. The first-order valence-electron chi connectivity index (χ1n) is 8.35. The zero-order valence-electron chi connectivity index (χ0n) is 15.7. The van der Waals surface area contributed by atoms with Crippen molar-refractivity contribution in [2.75, 3.05) is 16.8 Å². The number of nitrogens with zero attached hydrogens (tertiary/aromatic N) is 4. The largest absolute Gasteiger partial charge is 0.435 e. The molecule has 31 heavy (non-hydrogen) atoms. The minimum absolute atomic E-state index is 0.0282. The molecule has 13 heteroatoms. The molecule has 3 aromatic rings. The monoisotopic (exact) mass is 476 g/mol. The molecule has 0 unspecified atom stereocenters. The number of hydrogen-bond acceptors (Lipinski definition) is 8. The Morgan fingerprint density at radius 3 is 2.48 bits per heavy atom. The standard InChI is InChI=1S/C18H11Cl2N7O3S/c1-27-15(18(29)30-26-27)14-11(5-21)16(23)25-17(12(14)6-22)31-7-13(28)24-10-3-8(19)2-9(20)4-10/h2-4H,7H2,1H3,(H3-,23,24,25,26,28,29)/p+1. The van der Waals surface area contributed by atoms with Crippen molar-refractivity contribution in [2.45, 2.75) is 5.03 Å². The molecule has 0 atom stereocenters. The highest BCUT2D eigenvalue weighted by atomic mass is 35.5. The molecule has 0 aliphatic heterocycles. The minimum atomic E-state index is -0.798. The number of amides is 1. The summed E-state index contributed by atoms with van der Waals surface area (Å²) in [5.41, 5.74) is 5.14. The number of aryl methyl sites for hydroxylation is 1. The Morgan fingerprint density at radius 1 is 1.29 bits per heavy atom. The van der Waals surface area contributed by atoms with Gasteiger partial charge in [-0.15, -0.1) is 0 Å². The lowest BCUT2D eigenvalue weighted by Crippen LogP contribution is -2.34. The highest BCUT2D eigenvalue weighted by Gasteiger charge is 2.31. The number of H-pyrrole nitrogens is 1. The topological polar surface area (TPSA) is 165 Å². The average Bonchev–Trinajstić information content (AvgIpc) is 3.02. The van der Waals surface area contributed by atoms with E-state index in [2.05, 4.69) is 15.6 Å². The number of carbonyl (C=O) groups is 1. The molecule has 0 radical (unpaired) electrons. The molecular formula is C18H12Cl2N7O3S+. The maximum Gasteiger partial charge on any atom is 0.435 e. The van der Waals surface area contributed by atoms with E-state index in [4.69, 9.17) is 33.5 Å². The van der Waals surface area contributed by atoms with Crippen LogP contribution in [0.1, 0.15) is 11.1 Å². The first-order valence-corrected chi connectivity index (χ1v) is 10.1. The molecule has 3 rings (SSSR count). The summed E-state index contributed by atoms with van der Waals surface area (Å²) in [5, 5.41) is 24.9. The molecule has 0 aliphatic carbocycles. The van der Waals surface area contributed by atoms with Gasteiger partial charge in [-0.2, -0.15) is 10.5 Å². The number of rotatable bonds is 5. The Bertz CT molecular complexity index is 1320. The maximum absolute atomic E-state index is 12.4. The SMILES string of the molecule is C[n+]1[nH]oc(=O)c1-c1c(C#N)c(N)nc(SCC(=O)Nc2cc(Cl)cc(Cl)c2)c1C#N. The third-order valence-corrected chi connectivity index (χ3v) is 5.35. The maximum atomic E-state index is 12.4. The Balaban J connectivity index is 1.95. The van der Waals surface area contributed by atoms with Crippen molar-refractivity contribution in [3.63, 3.8) is 0 Å². The van der Waals surface area contributed by atoms with Crippen LogP contribution in [-0.4, -0.2) is 21.9 Å². The van der Waals surface area contributed by atoms with Crippen LogP contribution in [0, 0.1) is 22.7 Å². The summed E-state index contributed by atoms with van der Waals surface area (Å²) in [7, 11) is 1.47. The summed E-state index contributed by atoms with van der Waals surface area (Å²) in [6, 6.07) is 8.36. The molecule has 0 aliphatic rings. The Labute approximate surface area is 189 Å². The number of aromatic nitrogens is 3. The van der Waals surface area contributed by atoms with Crippen molar-refractivity contribution in [2.24, 2.45) is 7.05 Å². The van der Waals surface area contributed by atoms with Crippen LogP contribution in [0.4, 0.5) is 11.5 Å². The van der Waals surface area contributed by atoms with Crippen LogP contribution in [0.25, 0.3) is 11.3 Å². The predicted octanol–water partition coefficient (Wildman–Crippen LogP) is 2.22. The quantitative estimate of drug-likeness (QED) is 0.372. The fourth-order valence-corrected chi connectivity index (χ4v) is 4.03. The lowest BCUT2D eigenvalue weighted by Gasteiger charge is -2.10. The fraction of sp³-hybridized carbons (Fsp3) is 0.111. The second-order valence-corrected chi connectivity index (χ2v) is 7.87. The van der Waals surface area contributed by atoms with E-state index in [1.807, 2.05) is 12.1 Å². The van der Waals surface area contributed by atoms with Crippen LogP contribution >= 0.6 is 35.0 Å². The van der Waals surface area contributed by atoms with Crippen LogP contribution in [0.2, 0.25) is 10.0 Å². The lowest BCUT2D eigenvalue weighted by molar-refractivity contribution is -0.730. The molecule has 4 N–H and O–H groups in total. The van der Waals surface area contributed by atoms with Gasteiger partial charge in [-0.3, -0.25) is 9.32 Å². The second-order valence-electron chi connectivity index (χ2n) is 6.03. The van der Waals surface area contributed by atoms with Crippen molar-refractivity contribution >= 4 is 52.4 Å².